The molecule has 0 saturated carbocycles. The van der Waals surface area contributed by atoms with Crippen molar-refractivity contribution in [3.63, 3.8) is 0 Å². The summed E-state index contributed by atoms with van der Waals surface area (Å²) in [5, 5.41) is 0.920. The highest BCUT2D eigenvalue weighted by Crippen LogP contribution is 2.21. The van der Waals surface area contributed by atoms with Crippen molar-refractivity contribution >= 4 is 21.1 Å². The number of rotatable bonds is 4. The Kier molecular flexibility index (Phi) is 3.53. The van der Waals surface area contributed by atoms with Gasteiger partial charge in [0, 0.05) is 5.39 Å². The van der Waals surface area contributed by atoms with E-state index in [1.165, 1.54) is 12.1 Å². The molecule has 108 valence electrons. The summed E-state index contributed by atoms with van der Waals surface area (Å²) >= 11 is 0. The van der Waals surface area contributed by atoms with Crippen molar-refractivity contribution in [1.82, 2.24) is 0 Å². The monoisotopic (exact) mass is 302 g/mol. The van der Waals surface area contributed by atoms with E-state index in [4.69, 9.17) is 8.60 Å². The van der Waals surface area contributed by atoms with E-state index in [0.29, 0.717) is 11.3 Å². The summed E-state index contributed by atoms with van der Waals surface area (Å²) in [6, 6.07) is 15.8. The summed E-state index contributed by atoms with van der Waals surface area (Å²) in [6.07, 6.45) is 0. The van der Waals surface area contributed by atoms with E-state index in [9.17, 15) is 8.42 Å². The predicted molar refractivity (Wildman–Crippen MR) is 79.4 cm³/mol. The Morgan fingerprint density at radius 1 is 1.05 bits per heavy atom. The Labute approximate surface area is 123 Å². The highest BCUT2D eigenvalue weighted by molar-refractivity contribution is 7.86. The van der Waals surface area contributed by atoms with Crippen LogP contribution in [0.4, 0.5) is 0 Å². The molecule has 2 aromatic carbocycles. The van der Waals surface area contributed by atoms with Gasteiger partial charge in [0.05, 0.1) is 4.90 Å². The van der Waals surface area contributed by atoms with Crippen LogP contribution in [0.1, 0.15) is 11.3 Å². The molecule has 4 nitrogen and oxygen atoms in total. The molecular weight excluding hydrogens is 288 g/mol. The maximum absolute atomic E-state index is 12.1. The largest absolute Gasteiger partial charge is 0.459 e. The van der Waals surface area contributed by atoms with Crippen LogP contribution in [0.5, 0.6) is 0 Å². The van der Waals surface area contributed by atoms with Crippen LogP contribution in [0.2, 0.25) is 0 Å². The van der Waals surface area contributed by atoms with Crippen LogP contribution in [0.15, 0.2) is 63.9 Å². The van der Waals surface area contributed by atoms with Crippen LogP contribution in [0.3, 0.4) is 0 Å². The summed E-state index contributed by atoms with van der Waals surface area (Å²) in [7, 11) is -3.77. The molecule has 0 aliphatic heterocycles. The van der Waals surface area contributed by atoms with Crippen LogP contribution in [0, 0.1) is 6.92 Å². The lowest BCUT2D eigenvalue weighted by Crippen LogP contribution is -2.06. The first-order valence-electron chi connectivity index (χ1n) is 6.48. The Morgan fingerprint density at radius 2 is 1.76 bits per heavy atom. The highest BCUT2D eigenvalue weighted by Gasteiger charge is 2.16. The van der Waals surface area contributed by atoms with Gasteiger partial charge in [0.25, 0.3) is 10.1 Å². The molecule has 0 fully saturated rings. The Bertz CT molecular complexity index is 828. The van der Waals surface area contributed by atoms with Crippen molar-refractivity contribution in [2.45, 2.75) is 18.4 Å². The topological polar surface area (TPSA) is 56.5 Å². The van der Waals surface area contributed by atoms with Crippen LogP contribution in [0.25, 0.3) is 11.0 Å². The number of aryl methyl sites for hydroxylation is 1. The van der Waals surface area contributed by atoms with Gasteiger partial charge >= 0.3 is 0 Å². The number of benzene rings is 2. The summed E-state index contributed by atoms with van der Waals surface area (Å²) in [6.45, 7) is 1.77. The molecule has 1 aromatic heterocycles. The molecule has 0 N–H and O–H groups in total. The lowest BCUT2D eigenvalue weighted by atomic mass is 10.2. The smallest absolute Gasteiger partial charge is 0.297 e. The van der Waals surface area contributed by atoms with Crippen LogP contribution < -0.4 is 0 Å². The molecule has 0 unspecified atom stereocenters. The first-order chi connectivity index (χ1) is 10.0. The fourth-order valence-corrected chi connectivity index (χ4v) is 2.89. The summed E-state index contributed by atoms with van der Waals surface area (Å²) < 4.78 is 34.7. The van der Waals surface area contributed by atoms with E-state index in [1.54, 1.807) is 18.2 Å². The maximum atomic E-state index is 12.1. The maximum Gasteiger partial charge on any atom is 0.297 e. The number of fused-ring (bicyclic) bond motifs is 1. The predicted octanol–water partition coefficient (Wildman–Crippen LogP) is 3.65. The lowest BCUT2D eigenvalue weighted by Gasteiger charge is -2.04. The molecule has 0 atom stereocenters. The SMILES string of the molecule is Cc1ccc(S(=O)(=O)OCc2cc3ccccc3o2)cc1. The van der Waals surface area contributed by atoms with E-state index in [1.807, 2.05) is 31.2 Å². The van der Waals surface area contributed by atoms with Gasteiger partial charge in [-0.15, -0.1) is 0 Å². The molecule has 0 saturated heterocycles. The van der Waals surface area contributed by atoms with Crippen LogP contribution in [-0.2, 0) is 20.9 Å². The minimum Gasteiger partial charge on any atom is -0.459 e. The van der Waals surface area contributed by atoms with Crippen molar-refractivity contribution in [3.8, 4) is 0 Å². The quantitative estimate of drug-likeness (QED) is 0.690. The van der Waals surface area contributed by atoms with Crippen molar-refractivity contribution < 1.29 is 17.0 Å². The summed E-state index contributed by atoms with van der Waals surface area (Å²) in [5.74, 6) is 0.479. The first kappa shape index (κ1) is 13.9. The van der Waals surface area contributed by atoms with Crippen LogP contribution >= 0.6 is 0 Å². The standard InChI is InChI=1S/C16H14O4S/c1-12-6-8-15(9-7-12)21(17,18)19-11-14-10-13-4-2-3-5-16(13)20-14/h2-10H,11H2,1H3. The second kappa shape index (κ2) is 5.35. The van der Waals surface area contributed by atoms with Gasteiger partial charge in [-0.3, -0.25) is 4.18 Å². The fraction of sp³-hybridized carbons (Fsp3) is 0.125. The second-order valence-electron chi connectivity index (χ2n) is 4.78. The fourth-order valence-electron chi connectivity index (χ4n) is 2.02. The molecule has 5 heteroatoms. The van der Waals surface area contributed by atoms with E-state index < -0.39 is 10.1 Å². The zero-order valence-electron chi connectivity index (χ0n) is 11.4. The molecule has 0 radical (unpaired) electrons. The Balaban J connectivity index is 1.78. The zero-order chi connectivity index (χ0) is 14.9. The minimum atomic E-state index is -3.77. The van der Waals surface area contributed by atoms with Gasteiger partial charge in [0.1, 0.15) is 18.0 Å². The second-order valence-corrected chi connectivity index (χ2v) is 6.40. The van der Waals surface area contributed by atoms with Gasteiger partial charge in [-0.25, -0.2) is 0 Å². The molecule has 3 rings (SSSR count). The third kappa shape index (κ3) is 2.99. The molecule has 3 aromatic rings. The molecule has 21 heavy (non-hydrogen) atoms. The third-order valence-corrected chi connectivity index (χ3v) is 4.42. The Morgan fingerprint density at radius 3 is 2.48 bits per heavy atom. The van der Waals surface area contributed by atoms with Gasteiger partial charge in [0.2, 0.25) is 0 Å². The van der Waals surface area contributed by atoms with Gasteiger partial charge in [-0.2, -0.15) is 8.42 Å². The number of hydrogen-bond donors (Lipinski definition) is 0. The summed E-state index contributed by atoms with van der Waals surface area (Å²) in [4.78, 5) is 0.143. The van der Waals surface area contributed by atoms with Gasteiger partial charge in [-0.05, 0) is 31.2 Å². The Hall–Kier alpha value is -2.11. The van der Waals surface area contributed by atoms with Crippen molar-refractivity contribution in [2.24, 2.45) is 0 Å². The van der Waals surface area contributed by atoms with Gasteiger partial charge < -0.3 is 4.42 Å². The van der Waals surface area contributed by atoms with Crippen LogP contribution in [-0.4, -0.2) is 8.42 Å². The van der Waals surface area contributed by atoms with Crippen molar-refractivity contribution in [1.29, 1.82) is 0 Å². The van der Waals surface area contributed by atoms with Gasteiger partial charge in [0.15, 0.2) is 0 Å². The van der Waals surface area contributed by atoms with E-state index in [0.717, 1.165) is 10.9 Å². The van der Waals surface area contributed by atoms with E-state index >= 15 is 0 Å². The zero-order valence-corrected chi connectivity index (χ0v) is 12.3. The molecular formula is C16H14O4S. The first-order valence-corrected chi connectivity index (χ1v) is 7.89. The highest BCUT2D eigenvalue weighted by atomic mass is 32.2. The van der Waals surface area contributed by atoms with Crippen molar-refractivity contribution in [3.05, 3.63) is 65.9 Å². The van der Waals surface area contributed by atoms with E-state index in [-0.39, 0.29) is 11.5 Å². The molecule has 0 bridgehead atoms. The lowest BCUT2D eigenvalue weighted by molar-refractivity contribution is 0.278. The molecule has 0 spiro atoms. The average Bonchev–Trinajstić information content (AvgIpc) is 2.89. The van der Waals surface area contributed by atoms with Crippen molar-refractivity contribution in [2.75, 3.05) is 0 Å². The average molecular weight is 302 g/mol. The molecule has 0 amide bonds. The minimum absolute atomic E-state index is 0.120. The molecule has 0 aliphatic rings. The van der Waals surface area contributed by atoms with E-state index in [2.05, 4.69) is 0 Å². The molecule has 0 aliphatic carbocycles. The number of hydrogen-bond acceptors (Lipinski definition) is 4. The number of furan rings is 1. The third-order valence-electron chi connectivity index (χ3n) is 3.14. The van der Waals surface area contributed by atoms with Gasteiger partial charge in [-0.1, -0.05) is 35.9 Å². The molecule has 1 heterocycles. The normalized spacial score (nSPS) is 11.9. The number of para-hydroxylation sites is 1. The summed E-state index contributed by atoms with van der Waals surface area (Å²) in [5.41, 5.74) is 1.70.